The van der Waals surface area contributed by atoms with Crippen LogP contribution in [0.1, 0.15) is 17.9 Å². The Labute approximate surface area is 186 Å². The van der Waals surface area contributed by atoms with E-state index in [-0.39, 0.29) is 36.0 Å². The van der Waals surface area contributed by atoms with E-state index < -0.39 is 5.25 Å². The zero-order valence-corrected chi connectivity index (χ0v) is 18.0. The van der Waals surface area contributed by atoms with Gasteiger partial charge in [-0.05, 0) is 37.3 Å². The van der Waals surface area contributed by atoms with Gasteiger partial charge in [0.15, 0.2) is 6.61 Å². The van der Waals surface area contributed by atoms with Gasteiger partial charge in [-0.15, -0.1) is 10.2 Å². The molecule has 7 nitrogen and oxygen atoms in total. The molecule has 1 atom stereocenters. The van der Waals surface area contributed by atoms with Crippen LogP contribution in [0.5, 0.6) is 5.75 Å². The molecule has 1 unspecified atom stereocenters. The Morgan fingerprint density at radius 1 is 1.17 bits per heavy atom. The zero-order valence-electron chi connectivity index (χ0n) is 15.7. The van der Waals surface area contributed by atoms with Gasteiger partial charge in [0.1, 0.15) is 11.0 Å². The van der Waals surface area contributed by atoms with E-state index in [1.54, 1.807) is 30.3 Å². The molecule has 0 spiro atoms. The lowest BCUT2D eigenvalue weighted by atomic mass is 10.2. The molecule has 1 fully saturated rings. The van der Waals surface area contributed by atoms with Crippen LogP contribution < -0.4 is 9.64 Å². The van der Waals surface area contributed by atoms with Gasteiger partial charge in [-0.2, -0.15) is 0 Å². The molecule has 0 N–H and O–H groups in total. The molecule has 2 amide bonds. The Balaban J connectivity index is 1.39. The predicted molar refractivity (Wildman–Crippen MR) is 113 cm³/mol. The fourth-order valence-corrected chi connectivity index (χ4v) is 4.23. The first-order chi connectivity index (χ1) is 14.4. The van der Waals surface area contributed by atoms with Crippen molar-refractivity contribution in [2.24, 2.45) is 0 Å². The fourth-order valence-electron chi connectivity index (χ4n) is 2.86. The molecule has 0 aliphatic carbocycles. The van der Waals surface area contributed by atoms with Crippen molar-refractivity contribution in [2.75, 3.05) is 4.90 Å². The number of imide groups is 1. The smallest absolute Gasteiger partial charge is 0.277 e. The number of thioether (sulfide) groups is 1. The third-order valence-electron chi connectivity index (χ3n) is 4.33. The van der Waals surface area contributed by atoms with Gasteiger partial charge >= 0.3 is 0 Å². The summed E-state index contributed by atoms with van der Waals surface area (Å²) >= 11 is 13.0. The van der Waals surface area contributed by atoms with Crippen LogP contribution in [0.25, 0.3) is 0 Å². The topological polar surface area (TPSA) is 85.5 Å². The van der Waals surface area contributed by atoms with Gasteiger partial charge in [0, 0.05) is 11.4 Å². The number of carbonyl (C=O) groups is 2. The minimum Gasteiger partial charge on any atom is -0.482 e. The van der Waals surface area contributed by atoms with Gasteiger partial charge in [0.05, 0.1) is 10.7 Å². The number of nitrogens with zero attached hydrogens (tertiary/aromatic N) is 3. The van der Waals surface area contributed by atoms with Crippen molar-refractivity contribution in [3.63, 3.8) is 0 Å². The number of halogens is 2. The Kier molecular flexibility index (Phi) is 5.99. The number of carbonyl (C=O) groups excluding carboxylic acids is 2. The lowest BCUT2D eigenvalue weighted by Gasteiger charge is -2.14. The molecule has 10 heteroatoms. The summed E-state index contributed by atoms with van der Waals surface area (Å²) in [6, 6.07) is 12.1. The average molecular weight is 464 g/mol. The maximum absolute atomic E-state index is 12.7. The highest BCUT2D eigenvalue weighted by atomic mass is 35.5. The number of rotatable bonds is 6. The largest absolute Gasteiger partial charge is 0.482 e. The lowest BCUT2D eigenvalue weighted by molar-refractivity contribution is -0.121. The predicted octanol–water partition coefficient (Wildman–Crippen LogP) is 4.69. The normalized spacial score (nSPS) is 16.4. The van der Waals surface area contributed by atoms with E-state index in [0.717, 1.165) is 17.3 Å². The van der Waals surface area contributed by atoms with Crippen molar-refractivity contribution in [1.82, 2.24) is 10.2 Å². The summed E-state index contributed by atoms with van der Waals surface area (Å²) in [5, 5.41) is 8.26. The van der Waals surface area contributed by atoms with E-state index in [1.165, 1.54) is 4.90 Å². The van der Waals surface area contributed by atoms with Crippen molar-refractivity contribution in [1.29, 1.82) is 0 Å². The van der Waals surface area contributed by atoms with Crippen LogP contribution in [0, 0.1) is 6.92 Å². The molecule has 1 aromatic heterocycles. The average Bonchev–Trinajstić information content (AvgIpc) is 3.26. The summed E-state index contributed by atoms with van der Waals surface area (Å²) in [6.45, 7) is 1.94. The van der Waals surface area contributed by atoms with Gasteiger partial charge in [-0.1, -0.05) is 52.7 Å². The van der Waals surface area contributed by atoms with Gasteiger partial charge in [0.25, 0.3) is 11.1 Å². The maximum Gasteiger partial charge on any atom is 0.277 e. The number of aryl methyl sites for hydroxylation is 1. The summed E-state index contributed by atoms with van der Waals surface area (Å²) in [5.74, 6) is 0.0778. The number of aromatic nitrogens is 2. The number of hydrogen-bond acceptors (Lipinski definition) is 7. The molecular formula is C20H15Cl2N3O4S. The third kappa shape index (κ3) is 4.45. The van der Waals surface area contributed by atoms with Crippen LogP contribution in [0.2, 0.25) is 10.0 Å². The van der Waals surface area contributed by atoms with Crippen molar-refractivity contribution in [3.05, 3.63) is 64.0 Å². The van der Waals surface area contributed by atoms with Gasteiger partial charge in [-0.3, -0.25) is 9.59 Å². The van der Waals surface area contributed by atoms with Crippen molar-refractivity contribution >= 4 is 52.5 Å². The second-order valence-corrected chi connectivity index (χ2v) is 8.54. The van der Waals surface area contributed by atoms with E-state index in [4.69, 9.17) is 32.4 Å². The van der Waals surface area contributed by atoms with Crippen molar-refractivity contribution in [3.8, 4) is 5.75 Å². The highest BCUT2D eigenvalue weighted by Crippen LogP contribution is 2.34. The maximum atomic E-state index is 12.7. The SMILES string of the molecule is Cc1ccc(N2C(=O)CC(Sc3nnc(COc4ccc(Cl)cc4Cl)o3)C2=O)cc1. The molecule has 1 aliphatic rings. The number of amides is 2. The second-order valence-electron chi connectivity index (χ2n) is 6.54. The van der Waals surface area contributed by atoms with Gasteiger partial charge in [0.2, 0.25) is 11.8 Å². The Bertz CT molecular complexity index is 1100. The summed E-state index contributed by atoms with van der Waals surface area (Å²) in [6.07, 6.45) is 0.0615. The van der Waals surface area contributed by atoms with Crippen molar-refractivity contribution in [2.45, 2.75) is 30.4 Å². The Morgan fingerprint density at radius 3 is 2.67 bits per heavy atom. The molecule has 0 bridgehead atoms. The minimum absolute atomic E-state index is 0.00193. The summed E-state index contributed by atoms with van der Waals surface area (Å²) < 4.78 is 11.1. The molecule has 1 saturated heterocycles. The summed E-state index contributed by atoms with van der Waals surface area (Å²) in [7, 11) is 0. The molecule has 0 radical (unpaired) electrons. The second kappa shape index (κ2) is 8.67. The molecule has 4 rings (SSSR count). The Hall–Kier alpha value is -2.55. The molecule has 1 aliphatic heterocycles. The molecule has 2 aromatic carbocycles. The molecule has 2 heterocycles. The first-order valence-corrected chi connectivity index (χ1v) is 10.5. The molecule has 154 valence electrons. The third-order valence-corrected chi connectivity index (χ3v) is 5.88. The van der Waals surface area contributed by atoms with Gasteiger partial charge in [-0.25, -0.2) is 4.90 Å². The highest BCUT2D eigenvalue weighted by molar-refractivity contribution is 8.00. The first-order valence-electron chi connectivity index (χ1n) is 8.91. The van der Waals surface area contributed by atoms with E-state index in [0.29, 0.717) is 21.5 Å². The first kappa shape index (κ1) is 20.7. The van der Waals surface area contributed by atoms with E-state index in [1.807, 2.05) is 19.1 Å². The van der Waals surface area contributed by atoms with E-state index in [9.17, 15) is 9.59 Å². The number of ether oxygens (including phenoxy) is 1. The summed E-state index contributed by atoms with van der Waals surface area (Å²) in [4.78, 5) is 26.3. The number of anilines is 1. The van der Waals surface area contributed by atoms with Crippen LogP contribution in [0.15, 0.2) is 52.1 Å². The highest BCUT2D eigenvalue weighted by Gasteiger charge is 2.41. The number of benzene rings is 2. The summed E-state index contributed by atoms with van der Waals surface area (Å²) in [5.41, 5.74) is 1.60. The Morgan fingerprint density at radius 2 is 1.93 bits per heavy atom. The van der Waals surface area contributed by atoms with Gasteiger partial charge < -0.3 is 9.15 Å². The molecule has 0 saturated carbocycles. The monoisotopic (exact) mass is 463 g/mol. The zero-order chi connectivity index (χ0) is 21.3. The minimum atomic E-state index is -0.626. The molecule has 3 aromatic rings. The van der Waals surface area contributed by atoms with Crippen molar-refractivity contribution < 1.29 is 18.7 Å². The molecule has 30 heavy (non-hydrogen) atoms. The fraction of sp³-hybridized carbons (Fsp3) is 0.200. The van der Waals surface area contributed by atoms with Crippen LogP contribution in [-0.4, -0.2) is 27.3 Å². The van der Waals surface area contributed by atoms with E-state index >= 15 is 0 Å². The van der Waals surface area contributed by atoms with Crippen LogP contribution in [-0.2, 0) is 16.2 Å². The van der Waals surface area contributed by atoms with Crippen LogP contribution in [0.3, 0.4) is 0 Å². The number of hydrogen-bond donors (Lipinski definition) is 0. The van der Waals surface area contributed by atoms with E-state index in [2.05, 4.69) is 10.2 Å². The standard InChI is InChI=1S/C20H15Cl2N3O4S/c1-11-2-5-13(6-3-11)25-18(26)9-16(19(25)27)30-20-24-23-17(29-20)10-28-15-7-4-12(21)8-14(15)22/h2-8,16H,9-10H2,1H3. The molecular weight excluding hydrogens is 449 g/mol. The quantitative estimate of drug-likeness (QED) is 0.490. The van der Waals surface area contributed by atoms with Crippen LogP contribution in [0.4, 0.5) is 5.69 Å². The lowest BCUT2D eigenvalue weighted by Crippen LogP contribution is -2.31. The van der Waals surface area contributed by atoms with Crippen LogP contribution >= 0.6 is 35.0 Å².